The van der Waals surface area contributed by atoms with E-state index in [-0.39, 0.29) is 32.3 Å². The van der Waals surface area contributed by atoms with Gasteiger partial charge in [-0.2, -0.15) is 0 Å². The smallest absolute Gasteiger partial charge is 0.457 e. The second kappa shape index (κ2) is 54.7. The summed E-state index contributed by atoms with van der Waals surface area (Å²) in [5.74, 6) is -0.328. The number of unbranched alkanes of at least 4 members (excludes halogenated alkanes) is 36. The molecule has 0 spiro atoms. The molecule has 0 aromatic rings. The van der Waals surface area contributed by atoms with E-state index < -0.39 is 13.9 Å². The number of carbonyl (C=O) groups is 1. The molecule has 0 aliphatic heterocycles. The van der Waals surface area contributed by atoms with E-state index in [1.54, 1.807) is 0 Å². The Kier molecular flexibility index (Phi) is 53.6. The minimum Gasteiger partial charge on any atom is -0.457 e. The molecule has 0 saturated carbocycles. The van der Waals surface area contributed by atoms with Crippen LogP contribution in [0.5, 0.6) is 0 Å². The van der Waals surface area contributed by atoms with Crippen molar-refractivity contribution in [2.75, 3.05) is 33.0 Å². The predicted molar refractivity (Wildman–Crippen MR) is 284 cm³/mol. The van der Waals surface area contributed by atoms with E-state index in [0.717, 1.165) is 38.5 Å². The first-order chi connectivity index (χ1) is 32.4. The molecule has 0 amide bonds. The predicted octanol–water partition coefficient (Wildman–Crippen LogP) is 18.1. The van der Waals surface area contributed by atoms with Crippen molar-refractivity contribution in [3.63, 3.8) is 0 Å². The average Bonchev–Trinajstić information content (AvgIpc) is 3.31. The van der Waals surface area contributed by atoms with E-state index in [1.165, 1.54) is 225 Å². The van der Waals surface area contributed by atoms with Crippen molar-refractivity contribution < 1.29 is 32.8 Å². The van der Waals surface area contributed by atoms with E-state index in [2.05, 4.69) is 50.3 Å². The number of nitrogens with two attached hydrogens (primary N) is 1. The average molecular weight is 952 g/mol. The number of carbonyl (C=O) groups excluding carboxylic acids is 1. The first kappa shape index (κ1) is 64.7. The van der Waals surface area contributed by atoms with E-state index >= 15 is 0 Å². The Labute approximate surface area is 409 Å². The highest BCUT2D eigenvalue weighted by atomic mass is 31.2. The summed E-state index contributed by atoms with van der Waals surface area (Å²) >= 11 is 0. The molecule has 0 aliphatic carbocycles. The van der Waals surface area contributed by atoms with Gasteiger partial charge in [0.1, 0.15) is 6.10 Å². The van der Waals surface area contributed by atoms with Crippen molar-refractivity contribution in [1.29, 1.82) is 0 Å². The molecule has 0 bridgehead atoms. The summed E-state index contributed by atoms with van der Waals surface area (Å²) in [5.41, 5.74) is 5.40. The van der Waals surface area contributed by atoms with Crippen LogP contribution in [0.15, 0.2) is 36.5 Å². The first-order valence-electron chi connectivity index (χ1n) is 28.5. The van der Waals surface area contributed by atoms with Gasteiger partial charge in [-0.1, -0.05) is 243 Å². The van der Waals surface area contributed by atoms with Gasteiger partial charge < -0.3 is 20.1 Å². The Morgan fingerprint density at radius 2 is 0.803 bits per heavy atom. The molecule has 3 N–H and O–H groups in total. The van der Waals surface area contributed by atoms with Crippen LogP contribution in [0.4, 0.5) is 0 Å². The van der Waals surface area contributed by atoms with Gasteiger partial charge in [-0.15, -0.1) is 0 Å². The second-order valence-electron chi connectivity index (χ2n) is 19.1. The van der Waals surface area contributed by atoms with Crippen molar-refractivity contribution in [2.24, 2.45) is 5.73 Å². The third-order valence-electron chi connectivity index (χ3n) is 12.5. The molecule has 0 heterocycles. The summed E-state index contributed by atoms with van der Waals surface area (Å²) < 4.78 is 33.7. The molecule has 2 unspecified atom stereocenters. The van der Waals surface area contributed by atoms with Crippen LogP contribution < -0.4 is 5.73 Å². The molecule has 0 rings (SSSR count). The number of allylic oxidation sites excluding steroid dienone is 6. The maximum atomic E-state index is 12.7. The lowest BCUT2D eigenvalue weighted by molar-refractivity contribution is -0.154. The van der Waals surface area contributed by atoms with Crippen molar-refractivity contribution in [1.82, 2.24) is 0 Å². The van der Waals surface area contributed by atoms with Gasteiger partial charge in [-0.25, -0.2) is 4.57 Å². The van der Waals surface area contributed by atoms with Crippen LogP contribution in [0.3, 0.4) is 0 Å². The molecular formula is C57H110NO7P. The molecule has 66 heavy (non-hydrogen) atoms. The summed E-state index contributed by atoms with van der Waals surface area (Å²) in [4.78, 5) is 22.7. The molecule has 0 fully saturated rings. The van der Waals surface area contributed by atoms with E-state index in [4.69, 9.17) is 24.3 Å². The van der Waals surface area contributed by atoms with Crippen LogP contribution in [0.25, 0.3) is 0 Å². The highest BCUT2D eigenvalue weighted by molar-refractivity contribution is 7.47. The Morgan fingerprint density at radius 3 is 1.20 bits per heavy atom. The summed E-state index contributed by atoms with van der Waals surface area (Å²) in [6, 6.07) is 0. The third-order valence-corrected chi connectivity index (χ3v) is 13.5. The second-order valence-corrected chi connectivity index (χ2v) is 20.6. The van der Waals surface area contributed by atoms with E-state index in [1.807, 2.05) is 0 Å². The zero-order valence-corrected chi connectivity index (χ0v) is 44.6. The van der Waals surface area contributed by atoms with Crippen molar-refractivity contribution in [3.05, 3.63) is 36.5 Å². The van der Waals surface area contributed by atoms with E-state index in [9.17, 15) is 14.3 Å². The van der Waals surface area contributed by atoms with Crippen LogP contribution in [0, 0.1) is 0 Å². The lowest BCUT2D eigenvalue weighted by Gasteiger charge is -2.20. The fourth-order valence-electron chi connectivity index (χ4n) is 8.32. The van der Waals surface area contributed by atoms with Crippen LogP contribution in [-0.4, -0.2) is 49.9 Å². The molecule has 0 aliphatic rings. The molecule has 0 radical (unpaired) electrons. The summed E-state index contributed by atoms with van der Waals surface area (Å²) in [5, 5.41) is 0. The highest BCUT2D eigenvalue weighted by Gasteiger charge is 2.25. The standard InChI is InChI=1S/C57H110NO7P/c1-3-5-7-9-11-13-15-17-19-21-23-25-26-27-28-29-31-33-35-37-39-41-43-45-47-49-52-62-54-56(55-64-66(60,61)63-53-51-58)65-57(59)50-48-46-44-42-40-38-36-34-32-30-24-22-20-18-16-14-12-10-8-6-4-2/h15,17,21-24,56H,3-14,16,18-20,25-55,58H2,1-2H3,(H,60,61)/b17-15-,23-21-,24-22-. The van der Waals surface area contributed by atoms with Gasteiger partial charge in [-0.3, -0.25) is 13.8 Å². The van der Waals surface area contributed by atoms with Gasteiger partial charge in [-0.05, 0) is 70.6 Å². The number of hydrogen-bond acceptors (Lipinski definition) is 7. The van der Waals surface area contributed by atoms with E-state index in [0.29, 0.717) is 13.0 Å². The van der Waals surface area contributed by atoms with Gasteiger partial charge in [0.15, 0.2) is 0 Å². The number of esters is 1. The molecular weight excluding hydrogens is 842 g/mol. The minimum absolute atomic E-state index is 0.0946. The minimum atomic E-state index is -4.28. The molecule has 390 valence electrons. The highest BCUT2D eigenvalue weighted by Crippen LogP contribution is 2.43. The van der Waals surface area contributed by atoms with Crippen LogP contribution in [-0.2, 0) is 27.9 Å². The fourth-order valence-corrected chi connectivity index (χ4v) is 9.08. The Bertz CT molecular complexity index is 1110. The number of rotatable bonds is 55. The summed E-state index contributed by atoms with van der Waals surface area (Å²) in [6.07, 6.45) is 66.2. The van der Waals surface area contributed by atoms with Crippen molar-refractivity contribution >= 4 is 13.8 Å². The van der Waals surface area contributed by atoms with Crippen LogP contribution in [0.1, 0.15) is 284 Å². The number of hydrogen-bond donors (Lipinski definition) is 2. The Morgan fingerprint density at radius 1 is 0.455 bits per heavy atom. The molecule has 0 aromatic heterocycles. The maximum Gasteiger partial charge on any atom is 0.472 e. The third kappa shape index (κ3) is 53.7. The summed E-state index contributed by atoms with van der Waals surface area (Å²) in [7, 11) is -4.28. The van der Waals surface area contributed by atoms with Gasteiger partial charge in [0.25, 0.3) is 0 Å². The van der Waals surface area contributed by atoms with Gasteiger partial charge in [0, 0.05) is 19.6 Å². The van der Waals surface area contributed by atoms with Crippen molar-refractivity contribution in [3.8, 4) is 0 Å². The van der Waals surface area contributed by atoms with Gasteiger partial charge in [0.2, 0.25) is 0 Å². The molecule has 0 saturated heterocycles. The molecule has 0 aromatic carbocycles. The number of phosphoric ester groups is 1. The topological polar surface area (TPSA) is 117 Å². The SMILES string of the molecule is CCCCCCC/C=C\C/C=C\CCCCCCCCCCCCCCCCOCC(COP(=O)(O)OCCN)OC(=O)CCCCCCCCCCC/C=C\CCCCCCCCCC. The quantitative estimate of drug-likeness (QED) is 0.0268. The lowest BCUT2D eigenvalue weighted by Crippen LogP contribution is -2.28. The number of ether oxygens (including phenoxy) is 2. The molecule has 9 heteroatoms. The Hall–Kier alpha value is -1.28. The van der Waals surface area contributed by atoms with Gasteiger partial charge >= 0.3 is 13.8 Å². The maximum absolute atomic E-state index is 12.7. The van der Waals surface area contributed by atoms with Gasteiger partial charge in [0.05, 0.1) is 19.8 Å². The van der Waals surface area contributed by atoms with Crippen LogP contribution >= 0.6 is 7.82 Å². The lowest BCUT2D eigenvalue weighted by atomic mass is 10.0. The molecule has 8 nitrogen and oxygen atoms in total. The molecule has 2 atom stereocenters. The normalized spacial score (nSPS) is 13.5. The summed E-state index contributed by atoms with van der Waals surface area (Å²) in [6.45, 7) is 4.96. The number of phosphoric acid groups is 1. The first-order valence-corrected chi connectivity index (χ1v) is 30.0. The Balaban J connectivity index is 3.87. The monoisotopic (exact) mass is 952 g/mol. The van der Waals surface area contributed by atoms with Crippen molar-refractivity contribution in [2.45, 2.75) is 290 Å². The zero-order valence-electron chi connectivity index (χ0n) is 43.7. The largest absolute Gasteiger partial charge is 0.472 e. The van der Waals surface area contributed by atoms with Crippen LogP contribution in [0.2, 0.25) is 0 Å². The fraction of sp³-hybridized carbons (Fsp3) is 0.877. The zero-order chi connectivity index (χ0) is 48.0.